The van der Waals surface area contributed by atoms with E-state index in [0.29, 0.717) is 5.02 Å². The van der Waals surface area contributed by atoms with Crippen LogP contribution in [-0.2, 0) is 19.9 Å². The molecule has 3 rings (SSSR count). The van der Waals surface area contributed by atoms with E-state index >= 15 is 0 Å². The maximum absolute atomic E-state index is 14.7. The fourth-order valence-electron chi connectivity index (χ4n) is 3.54. The molecule has 0 aromatic heterocycles. The number of sulfone groups is 1. The summed E-state index contributed by atoms with van der Waals surface area (Å²) in [4.78, 5) is -0.0311. The highest BCUT2D eigenvalue weighted by atomic mass is 35.5. The largest absolute Gasteiger partial charge is 0.240 e. The summed E-state index contributed by atoms with van der Waals surface area (Å²) in [7, 11) is -7.97. The van der Waals surface area contributed by atoms with E-state index in [4.69, 9.17) is 11.6 Å². The summed E-state index contributed by atoms with van der Waals surface area (Å²) in [6.07, 6.45) is 0.0551. The normalized spacial score (nSPS) is 14.1. The Morgan fingerprint density at radius 1 is 0.879 bits per heavy atom. The van der Waals surface area contributed by atoms with Crippen LogP contribution in [0.4, 0.5) is 8.78 Å². The summed E-state index contributed by atoms with van der Waals surface area (Å²) in [5.74, 6) is -2.41. The number of hydrogen-bond donors (Lipinski definition) is 1. The van der Waals surface area contributed by atoms with Crippen molar-refractivity contribution >= 4 is 31.5 Å². The van der Waals surface area contributed by atoms with Gasteiger partial charge in [0.2, 0.25) is 10.0 Å². The first-order chi connectivity index (χ1) is 15.5. The van der Waals surface area contributed by atoms with Crippen LogP contribution in [0.15, 0.2) is 82.6 Å². The lowest BCUT2D eigenvalue weighted by Gasteiger charge is -2.25. The van der Waals surface area contributed by atoms with Crippen LogP contribution in [0.2, 0.25) is 5.02 Å². The molecule has 0 aliphatic carbocycles. The molecule has 10 heteroatoms. The molecule has 0 heterocycles. The monoisotopic (exact) mass is 513 g/mol. The predicted octanol–water partition coefficient (Wildman–Crippen LogP) is 5.14. The molecule has 0 fully saturated rings. The summed E-state index contributed by atoms with van der Waals surface area (Å²) in [5, 5.41) is -1.12. The van der Waals surface area contributed by atoms with Crippen molar-refractivity contribution in [3.63, 3.8) is 0 Å². The SMILES string of the molecule is CC(CCNS(=O)(=O)c1ccccc1)C(c1cc(F)ccc1F)S(=O)(=O)c1ccc(Cl)cc1. The van der Waals surface area contributed by atoms with Crippen LogP contribution < -0.4 is 4.72 Å². The third-order valence-electron chi connectivity index (χ3n) is 5.20. The topological polar surface area (TPSA) is 80.3 Å². The van der Waals surface area contributed by atoms with Gasteiger partial charge in [-0.05, 0) is 66.9 Å². The number of hydrogen-bond acceptors (Lipinski definition) is 4. The Morgan fingerprint density at radius 2 is 1.52 bits per heavy atom. The Kier molecular flexibility index (Phi) is 7.89. The molecule has 3 aromatic carbocycles. The highest BCUT2D eigenvalue weighted by Gasteiger charge is 2.36. The van der Waals surface area contributed by atoms with Crippen molar-refractivity contribution in [1.29, 1.82) is 0 Å². The Balaban J connectivity index is 1.91. The van der Waals surface area contributed by atoms with Crippen LogP contribution in [0.5, 0.6) is 0 Å². The van der Waals surface area contributed by atoms with E-state index in [1.807, 2.05) is 0 Å². The first-order valence-corrected chi connectivity index (χ1v) is 13.4. The summed E-state index contributed by atoms with van der Waals surface area (Å²) in [6, 6.07) is 15.7. The van der Waals surface area contributed by atoms with Gasteiger partial charge < -0.3 is 0 Å². The minimum atomic E-state index is -4.17. The first-order valence-electron chi connectivity index (χ1n) is 10.0. The maximum Gasteiger partial charge on any atom is 0.240 e. The Morgan fingerprint density at radius 3 is 2.15 bits per heavy atom. The standard InChI is InChI=1S/C23H22ClF2NO4S2/c1-16(13-14-27-33(30,31)20-5-3-2-4-6-20)23(21-15-18(25)9-12-22(21)26)32(28,29)19-10-7-17(24)8-11-19/h2-12,15-16,23,27H,13-14H2,1H3. The molecule has 1 N–H and O–H groups in total. The summed E-state index contributed by atoms with van der Waals surface area (Å²) in [5.41, 5.74) is -0.316. The van der Waals surface area contributed by atoms with Crippen molar-refractivity contribution in [3.8, 4) is 0 Å². The molecule has 0 amide bonds. The molecule has 176 valence electrons. The van der Waals surface area contributed by atoms with Gasteiger partial charge in [0.25, 0.3) is 0 Å². The summed E-state index contributed by atoms with van der Waals surface area (Å²) < 4.78 is 82.9. The summed E-state index contributed by atoms with van der Waals surface area (Å²) >= 11 is 5.86. The van der Waals surface area contributed by atoms with Gasteiger partial charge in [-0.3, -0.25) is 0 Å². The zero-order valence-electron chi connectivity index (χ0n) is 17.6. The second-order valence-corrected chi connectivity index (χ2v) is 11.8. The lowest BCUT2D eigenvalue weighted by molar-refractivity contribution is 0.465. The lowest BCUT2D eigenvalue weighted by Crippen LogP contribution is -2.29. The fraction of sp³-hybridized carbons (Fsp3) is 0.217. The van der Waals surface area contributed by atoms with Gasteiger partial charge >= 0.3 is 0 Å². The molecule has 5 nitrogen and oxygen atoms in total. The first kappa shape index (κ1) is 25.3. The molecule has 0 radical (unpaired) electrons. The smallest absolute Gasteiger partial charge is 0.223 e. The van der Waals surface area contributed by atoms with Crippen LogP contribution in [0.25, 0.3) is 0 Å². The van der Waals surface area contributed by atoms with Gasteiger partial charge in [-0.25, -0.2) is 30.3 Å². The Hall–Kier alpha value is -2.33. The molecule has 0 spiro atoms. The minimum Gasteiger partial charge on any atom is -0.223 e. The van der Waals surface area contributed by atoms with Crippen LogP contribution >= 0.6 is 11.6 Å². The van der Waals surface area contributed by atoms with Gasteiger partial charge in [-0.2, -0.15) is 0 Å². The number of halogens is 3. The number of sulfonamides is 1. The van der Waals surface area contributed by atoms with Crippen molar-refractivity contribution < 1.29 is 25.6 Å². The molecular weight excluding hydrogens is 492 g/mol. The number of benzene rings is 3. The Bertz CT molecular complexity index is 1320. The molecule has 0 aliphatic heterocycles. The molecule has 33 heavy (non-hydrogen) atoms. The van der Waals surface area contributed by atoms with E-state index in [1.54, 1.807) is 25.1 Å². The molecule has 0 saturated carbocycles. The van der Waals surface area contributed by atoms with Gasteiger partial charge in [-0.15, -0.1) is 0 Å². The Labute approximate surface area is 197 Å². The molecule has 2 unspecified atom stereocenters. The van der Waals surface area contributed by atoms with Crippen LogP contribution in [0, 0.1) is 17.6 Å². The van der Waals surface area contributed by atoms with Gasteiger partial charge in [-0.1, -0.05) is 36.7 Å². The van der Waals surface area contributed by atoms with E-state index in [9.17, 15) is 25.6 Å². The summed E-state index contributed by atoms with van der Waals surface area (Å²) in [6.45, 7) is 1.46. The van der Waals surface area contributed by atoms with E-state index in [1.165, 1.54) is 36.4 Å². The maximum atomic E-state index is 14.7. The van der Waals surface area contributed by atoms with Crippen molar-refractivity contribution in [2.45, 2.75) is 28.4 Å². The molecule has 2 atom stereocenters. The molecule has 0 aliphatic rings. The zero-order valence-corrected chi connectivity index (χ0v) is 20.0. The minimum absolute atomic E-state index is 0.0551. The second kappa shape index (κ2) is 10.3. The average Bonchev–Trinajstić information content (AvgIpc) is 2.77. The van der Waals surface area contributed by atoms with Crippen LogP contribution in [0.3, 0.4) is 0 Å². The van der Waals surface area contributed by atoms with Crippen LogP contribution in [0.1, 0.15) is 24.2 Å². The average molecular weight is 514 g/mol. The van der Waals surface area contributed by atoms with Gasteiger partial charge in [0.1, 0.15) is 11.6 Å². The van der Waals surface area contributed by atoms with Crippen molar-refractivity contribution in [1.82, 2.24) is 4.72 Å². The van der Waals surface area contributed by atoms with Crippen molar-refractivity contribution in [3.05, 3.63) is 95.0 Å². The van der Waals surface area contributed by atoms with E-state index < -0.39 is 42.7 Å². The molecule has 0 bridgehead atoms. The molecular formula is C23H22ClF2NO4S2. The fourth-order valence-corrected chi connectivity index (χ4v) is 6.80. The van der Waals surface area contributed by atoms with E-state index in [0.717, 1.165) is 18.2 Å². The van der Waals surface area contributed by atoms with Crippen molar-refractivity contribution in [2.24, 2.45) is 5.92 Å². The molecule has 3 aromatic rings. The van der Waals surface area contributed by atoms with E-state index in [2.05, 4.69) is 4.72 Å². The number of nitrogens with one attached hydrogen (secondary N) is 1. The highest BCUT2D eigenvalue weighted by molar-refractivity contribution is 7.91. The quantitative estimate of drug-likeness (QED) is 0.429. The third-order valence-corrected chi connectivity index (χ3v) is 9.25. The second-order valence-electron chi connectivity index (χ2n) is 7.56. The van der Waals surface area contributed by atoms with Gasteiger partial charge in [0.05, 0.1) is 15.0 Å². The molecule has 0 saturated heterocycles. The predicted molar refractivity (Wildman–Crippen MR) is 123 cm³/mol. The zero-order chi connectivity index (χ0) is 24.2. The van der Waals surface area contributed by atoms with E-state index in [-0.39, 0.29) is 28.3 Å². The van der Waals surface area contributed by atoms with Crippen molar-refractivity contribution in [2.75, 3.05) is 6.54 Å². The highest BCUT2D eigenvalue weighted by Crippen LogP contribution is 2.38. The van der Waals surface area contributed by atoms with Gasteiger partial charge in [0, 0.05) is 17.1 Å². The van der Waals surface area contributed by atoms with Crippen LogP contribution in [-0.4, -0.2) is 23.4 Å². The third kappa shape index (κ3) is 5.97. The lowest BCUT2D eigenvalue weighted by atomic mass is 9.97. The van der Waals surface area contributed by atoms with Gasteiger partial charge in [0.15, 0.2) is 9.84 Å². The number of rotatable bonds is 9.